The highest BCUT2D eigenvalue weighted by Crippen LogP contribution is 2.41. The number of nitro benzene ring substituents is 1. The normalized spacial score (nSPS) is 22.8. The van der Waals surface area contributed by atoms with Crippen molar-refractivity contribution in [3.63, 3.8) is 0 Å². The van der Waals surface area contributed by atoms with Crippen LogP contribution in [0.5, 0.6) is 0 Å². The zero-order chi connectivity index (χ0) is 23.4. The van der Waals surface area contributed by atoms with Gasteiger partial charge in [-0.2, -0.15) is 0 Å². The number of non-ortho nitro benzene ring substituents is 1. The predicted octanol–water partition coefficient (Wildman–Crippen LogP) is 2.71. The Labute approximate surface area is 184 Å². The number of nitro groups is 1. The molecule has 3 unspecified atom stereocenters. The number of carbonyl (C=O) groups excluding carboxylic acids is 3. The molecule has 0 aromatic heterocycles. The van der Waals surface area contributed by atoms with Crippen LogP contribution in [-0.2, 0) is 28.6 Å². The predicted molar refractivity (Wildman–Crippen MR) is 112 cm³/mol. The topological polar surface area (TPSA) is 134 Å². The van der Waals surface area contributed by atoms with E-state index in [1.54, 1.807) is 19.9 Å². The van der Waals surface area contributed by atoms with Gasteiger partial charge in [-0.05, 0) is 32.3 Å². The van der Waals surface area contributed by atoms with Gasteiger partial charge < -0.3 is 14.2 Å². The molecule has 1 aromatic rings. The van der Waals surface area contributed by atoms with Gasteiger partial charge >= 0.3 is 17.9 Å². The van der Waals surface area contributed by atoms with E-state index in [4.69, 9.17) is 14.2 Å². The summed E-state index contributed by atoms with van der Waals surface area (Å²) in [5.74, 6) is -3.76. The lowest BCUT2D eigenvalue weighted by molar-refractivity contribution is -0.384. The third-order valence-corrected chi connectivity index (χ3v) is 5.69. The van der Waals surface area contributed by atoms with Crippen molar-refractivity contribution in [1.29, 1.82) is 0 Å². The van der Waals surface area contributed by atoms with E-state index in [0.29, 0.717) is 36.4 Å². The maximum absolute atomic E-state index is 13.1. The fraction of sp³-hybridized carbons (Fsp3) is 0.455. The number of hydrogen-bond donors (Lipinski definition) is 0. The van der Waals surface area contributed by atoms with Gasteiger partial charge in [0.15, 0.2) is 0 Å². The van der Waals surface area contributed by atoms with Crippen LogP contribution in [0.25, 0.3) is 0 Å². The first kappa shape index (κ1) is 23.1. The summed E-state index contributed by atoms with van der Waals surface area (Å²) >= 11 is 0. The second kappa shape index (κ2) is 9.71. The number of allylic oxidation sites excluding steroid dienone is 1. The van der Waals surface area contributed by atoms with E-state index >= 15 is 0 Å². The first-order valence-corrected chi connectivity index (χ1v) is 10.2. The average Bonchev–Trinajstić information content (AvgIpc) is 3.17. The van der Waals surface area contributed by atoms with Crippen LogP contribution in [0.4, 0.5) is 5.69 Å². The standard InChI is InChI=1S/C22H24N2O8/c1-12-17(21(26)30-3)19(15-5-4-6-16(11-15)24(28)29)18(13(2)23-12)22(27)32-10-8-14-7-9-31-20(14)25/h4-6,11,14,17,19H,7-10H2,1-3H3. The zero-order valence-electron chi connectivity index (χ0n) is 18.0. The number of esters is 3. The molecule has 0 amide bonds. The molecule has 10 heteroatoms. The molecule has 0 spiro atoms. The summed E-state index contributed by atoms with van der Waals surface area (Å²) in [6, 6.07) is 5.76. The van der Waals surface area contributed by atoms with Crippen LogP contribution in [0, 0.1) is 22.0 Å². The van der Waals surface area contributed by atoms with Crippen molar-refractivity contribution in [2.24, 2.45) is 16.8 Å². The molecule has 0 N–H and O–H groups in total. The zero-order valence-corrected chi connectivity index (χ0v) is 18.0. The van der Waals surface area contributed by atoms with E-state index in [1.165, 1.54) is 25.3 Å². The Morgan fingerprint density at radius 3 is 2.69 bits per heavy atom. The highest BCUT2D eigenvalue weighted by molar-refractivity contribution is 6.07. The molecule has 2 aliphatic heterocycles. The van der Waals surface area contributed by atoms with Crippen molar-refractivity contribution < 1.29 is 33.5 Å². The van der Waals surface area contributed by atoms with Gasteiger partial charge in [-0.3, -0.25) is 24.7 Å². The lowest BCUT2D eigenvalue weighted by Gasteiger charge is -2.31. The Kier molecular flexibility index (Phi) is 7.01. The first-order valence-electron chi connectivity index (χ1n) is 10.2. The van der Waals surface area contributed by atoms with Crippen molar-refractivity contribution in [2.45, 2.75) is 32.6 Å². The number of ether oxygens (including phenoxy) is 3. The molecule has 170 valence electrons. The van der Waals surface area contributed by atoms with Crippen molar-refractivity contribution in [3.8, 4) is 0 Å². The van der Waals surface area contributed by atoms with E-state index in [1.807, 2.05) is 0 Å². The molecule has 2 heterocycles. The minimum atomic E-state index is -0.946. The fourth-order valence-electron chi connectivity index (χ4n) is 4.10. The van der Waals surface area contributed by atoms with Gasteiger partial charge in [-0.1, -0.05) is 12.1 Å². The molecule has 0 saturated carbocycles. The van der Waals surface area contributed by atoms with Gasteiger partial charge in [-0.15, -0.1) is 0 Å². The van der Waals surface area contributed by atoms with E-state index in [2.05, 4.69) is 4.99 Å². The summed E-state index contributed by atoms with van der Waals surface area (Å²) in [6.45, 7) is 3.60. The Morgan fingerprint density at radius 2 is 2.06 bits per heavy atom. The molecular formula is C22H24N2O8. The summed E-state index contributed by atoms with van der Waals surface area (Å²) in [7, 11) is 1.23. The lowest BCUT2D eigenvalue weighted by atomic mass is 9.75. The van der Waals surface area contributed by atoms with Crippen molar-refractivity contribution in [3.05, 3.63) is 51.2 Å². The quantitative estimate of drug-likeness (QED) is 0.271. The van der Waals surface area contributed by atoms with Gasteiger partial charge in [0.25, 0.3) is 5.69 Å². The Morgan fingerprint density at radius 1 is 1.31 bits per heavy atom. The summed E-state index contributed by atoms with van der Waals surface area (Å²) in [4.78, 5) is 52.4. The molecule has 0 aliphatic carbocycles. The number of carbonyl (C=O) groups is 3. The van der Waals surface area contributed by atoms with Crippen molar-refractivity contribution >= 4 is 29.3 Å². The minimum absolute atomic E-state index is 0.0113. The molecule has 3 atom stereocenters. The average molecular weight is 444 g/mol. The molecule has 10 nitrogen and oxygen atoms in total. The third kappa shape index (κ3) is 4.68. The molecule has 32 heavy (non-hydrogen) atoms. The van der Waals surface area contributed by atoms with Crippen LogP contribution in [0.3, 0.4) is 0 Å². The number of rotatable bonds is 7. The summed E-state index contributed by atoms with van der Waals surface area (Å²) < 4.78 is 15.3. The SMILES string of the molecule is COC(=O)C1C(C)=NC(C)=C(C(=O)OCCC2CCOC2=O)C1c1cccc([N+](=O)[O-])c1. The molecule has 2 aliphatic rings. The summed E-state index contributed by atoms with van der Waals surface area (Å²) in [5.41, 5.74) is 1.13. The van der Waals surface area contributed by atoms with Crippen LogP contribution in [0.15, 0.2) is 40.5 Å². The van der Waals surface area contributed by atoms with E-state index in [9.17, 15) is 24.5 Å². The number of methoxy groups -OCH3 is 1. The number of aliphatic imine (C=N–C) groups is 1. The van der Waals surface area contributed by atoms with Gasteiger partial charge in [0.1, 0.15) is 5.92 Å². The van der Waals surface area contributed by atoms with Crippen LogP contribution >= 0.6 is 0 Å². The number of hydrogen-bond acceptors (Lipinski definition) is 9. The van der Waals surface area contributed by atoms with Crippen molar-refractivity contribution in [2.75, 3.05) is 20.3 Å². The van der Waals surface area contributed by atoms with E-state index in [-0.39, 0.29) is 29.8 Å². The van der Waals surface area contributed by atoms with Crippen molar-refractivity contribution in [1.82, 2.24) is 0 Å². The highest BCUT2D eigenvalue weighted by Gasteiger charge is 2.42. The Bertz CT molecular complexity index is 1010. The Balaban J connectivity index is 1.94. The summed E-state index contributed by atoms with van der Waals surface area (Å²) in [6.07, 6.45) is 0.892. The van der Waals surface area contributed by atoms with Crippen LogP contribution in [-0.4, -0.2) is 48.9 Å². The highest BCUT2D eigenvalue weighted by atomic mass is 16.6. The van der Waals surface area contributed by atoms with Gasteiger partial charge in [0.2, 0.25) is 0 Å². The Hall–Kier alpha value is -3.56. The third-order valence-electron chi connectivity index (χ3n) is 5.69. The lowest BCUT2D eigenvalue weighted by Crippen LogP contribution is -2.36. The smallest absolute Gasteiger partial charge is 0.336 e. The molecule has 1 saturated heterocycles. The van der Waals surface area contributed by atoms with Crippen LogP contribution in [0.1, 0.15) is 38.2 Å². The maximum atomic E-state index is 13.1. The number of benzene rings is 1. The second-order valence-corrected chi connectivity index (χ2v) is 7.66. The molecule has 1 aromatic carbocycles. The second-order valence-electron chi connectivity index (χ2n) is 7.66. The molecule has 1 fully saturated rings. The fourth-order valence-corrected chi connectivity index (χ4v) is 4.10. The summed E-state index contributed by atoms with van der Waals surface area (Å²) in [5, 5.41) is 11.3. The molecule has 3 rings (SSSR count). The largest absolute Gasteiger partial charge is 0.468 e. The van der Waals surface area contributed by atoms with Gasteiger partial charge in [-0.25, -0.2) is 4.79 Å². The molecular weight excluding hydrogens is 420 g/mol. The molecule has 0 bridgehead atoms. The first-order chi connectivity index (χ1) is 15.2. The van der Waals surface area contributed by atoms with Crippen LogP contribution < -0.4 is 0 Å². The van der Waals surface area contributed by atoms with E-state index in [0.717, 1.165) is 0 Å². The van der Waals surface area contributed by atoms with Crippen LogP contribution in [0.2, 0.25) is 0 Å². The molecule has 0 radical (unpaired) electrons. The monoisotopic (exact) mass is 444 g/mol. The van der Waals surface area contributed by atoms with E-state index < -0.39 is 28.7 Å². The number of cyclic esters (lactones) is 1. The minimum Gasteiger partial charge on any atom is -0.468 e. The maximum Gasteiger partial charge on any atom is 0.336 e. The van der Waals surface area contributed by atoms with Gasteiger partial charge in [0.05, 0.1) is 36.7 Å². The number of nitrogens with zero attached hydrogens (tertiary/aromatic N) is 2. The van der Waals surface area contributed by atoms with Gasteiger partial charge in [0, 0.05) is 29.5 Å².